The maximum absolute atomic E-state index is 11.3. The SMILES string of the molecule is O=C(OC1CCOC1)c1cnsn1. The van der Waals surface area contributed by atoms with E-state index < -0.39 is 5.97 Å². The first-order valence-electron chi connectivity index (χ1n) is 3.92. The van der Waals surface area contributed by atoms with Crippen LogP contribution in [0.15, 0.2) is 6.20 Å². The molecule has 0 radical (unpaired) electrons. The Bertz CT molecular complexity index is 282. The van der Waals surface area contributed by atoms with Crippen molar-refractivity contribution in [1.29, 1.82) is 0 Å². The molecule has 1 aliphatic rings. The second-order valence-electron chi connectivity index (χ2n) is 2.68. The third-order valence-corrected chi connectivity index (χ3v) is 2.21. The zero-order chi connectivity index (χ0) is 9.10. The van der Waals surface area contributed by atoms with Gasteiger partial charge in [-0.3, -0.25) is 0 Å². The summed E-state index contributed by atoms with van der Waals surface area (Å²) in [7, 11) is 0. The molecule has 13 heavy (non-hydrogen) atoms. The normalized spacial score (nSPS) is 21.7. The molecule has 1 unspecified atom stereocenters. The molecule has 6 heteroatoms. The molecule has 0 amide bonds. The first-order chi connectivity index (χ1) is 6.36. The van der Waals surface area contributed by atoms with Crippen LogP contribution in [0.2, 0.25) is 0 Å². The van der Waals surface area contributed by atoms with E-state index in [0.29, 0.717) is 13.2 Å². The summed E-state index contributed by atoms with van der Waals surface area (Å²) in [5, 5.41) is 0. The van der Waals surface area contributed by atoms with Crippen molar-refractivity contribution in [3.05, 3.63) is 11.9 Å². The third kappa shape index (κ3) is 2.02. The number of carbonyl (C=O) groups is 1. The molecule has 0 saturated carbocycles. The third-order valence-electron chi connectivity index (χ3n) is 1.73. The minimum Gasteiger partial charge on any atom is -0.455 e. The lowest BCUT2D eigenvalue weighted by atomic mass is 10.3. The van der Waals surface area contributed by atoms with Crippen molar-refractivity contribution >= 4 is 17.7 Å². The van der Waals surface area contributed by atoms with Crippen LogP contribution in [0.25, 0.3) is 0 Å². The number of ether oxygens (including phenoxy) is 2. The van der Waals surface area contributed by atoms with Crippen molar-refractivity contribution in [3.63, 3.8) is 0 Å². The first kappa shape index (κ1) is 8.58. The number of nitrogens with zero attached hydrogens (tertiary/aromatic N) is 2. The number of hydrogen-bond donors (Lipinski definition) is 0. The van der Waals surface area contributed by atoms with Crippen LogP contribution >= 0.6 is 11.7 Å². The lowest BCUT2D eigenvalue weighted by Crippen LogP contribution is -2.18. The maximum atomic E-state index is 11.3. The van der Waals surface area contributed by atoms with Gasteiger partial charge in [0.25, 0.3) is 0 Å². The molecule has 70 valence electrons. The minimum atomic E-state index is -0.413. The summed E-state index contributed by atoms with van der Waals surface area (Å²) in [6, 6.07) is 0. The van der Waals surface area contributed by atoms with Gasteiger partial charge in [-0.05, 0) is 0 Å². The van der Waals surface area contributed by atoms with Crippen molar-refractivity contribution in [2.45, 2.75) is 12.5 Å². The number of aromatic nitrogens is 2. The summed E-state index contributed by atoms with van der Waals surface area (Å²) in [6.07, 6.45) is 2.06. The lowest BCUT2D eigenvalue weighted by Gasteiger charge is -2.07. The summed E-state index contributed by atoms with van der Waals surface area (Å²) >= 11 is 0.994. The fourth-order valence-electron chi connectivity index (χ4n) is 1.07. The van der Waals surface area contributed by atoms with Crippen LogP contribution in [0.4, 0.5) is 0 Å². The van der Waals surface area contributed by atoms with Crippen molar-refractivity contribution in [1.82, 2.24) is 8.75 Å². The van der Waals surface area contributed by atoms with Gasteiger partial charge in [-0.25, -0.2) is 4.79 Å². The highest BCUT2D eigenvalue weighted by atomic mass is 32.1. The van der Waals surface area contributed by atoms with Crippen molar-refractivity contribution < 1.29 is 14.3 Å². The topological polar surface area (TPSA) is 61.3 Å². The molecule has 1 atom stereocenters. The summed E-state index contributed by atoms with van der Waals surface area (Å²) in [5.41, 5.74) is 0.275. The zero-order valence-corrected chi connectivity index (χ0v) is 7.62. The Kier molecular flexibility index (Phi) is 2.51. The van der Waals surface area contributed by atoms with Gasteiger partial charge in [0.05, 0.1) is 31.1 Å². The quantitative estimate of drug-likeness (QED) is 0.650. The number of esters is 1. The van der Waals surface area contributed by atoms with E-state index in [0.717, 1.165) is 18.1 Å². The second kappa shape index (κ2) is 3.80. The fraction of sp³-hybridized carbons (Fsp3) is 0.571. The molecule has 2 heterocycles. The molecule has 0 N–H and O–H groups in total. The predicted molar refractivity (Wildman–Crippen MR) is 44.5 cm³/mol. The van der Waals surface area contributed by atoms with E-state index in [-0.39, 0.29) is 11.8 Å². The summed E-state index contributed by atoms with van der Waals surface area (Å²) in [6.45, 7) is 1.15. The Balaban J connectivity index is 1.91. The smallest absolute Gasteiger partial charge is 0.360 e. The number of carbonyl (C=O) groups excluding carboxylic acids is 1. The Labute approximate surface area is 79.0 Å². The molecule has 0 aliphatic carbocycles. The largest absolute Gasteiger partial charge is 0.455 e. The van der Waals surface area contributed by atoms with Gasteiger partial charge in [0, 0.05) is 6.42 Å². The molecule has 1 aromatic rings. The van der Waals surface area contributed by atoms with Gasteiger partial charge in [0.15, 0.2) is 5.69 Å². The van der Waals surface area contributed by atoms with Crippen LogP contribution in [-0.2, 0) is 9.47 Å². The van der Waals surface area contributed by atoms with Gasteiger partial charge in [0.1, 0.15) is 6.10 Å². The molecule has 2 rings (SSSR count). The van der Waals surface area contributed by atoms with Gasteiger partial charge in [-0.15, -0.1) is 0 Å². The molecule has 0 bridgehead atoms. The highest BCUT2D eigenvalue weighted by Crippen LogP contribution is 2.10. The Morgan fingerprint density at radius 2 is 2.69 bits per heavy atom. The van der Waals surface area contributed by atoms with Crippen LogP contribution in [0.3, 0.4) is 0 Å². The summed E-state index contributed by atoms with van der Waals surface area (Å²) in [4.78, 5) is 11.3. The van der Waals surface area contributed by atoms with Gasteiger partial charge in [0.2, 0.25) is 0 Å². The van der Waals surface area contributed by atoms with Crippen LogP contribution in [0, 0.1) is 0 Å². The van der Waals surface area contributed by atoms with Crippen molar-refractivity contribution in [2.75, 3.05) is 13.2 Å². The molecular formula is C7H8N2O3S. The van der Waals surface area contributed by atoms with E-state index in [1.807, 2.05) is 0 Å². The monoisotopic (exact) mass is 200 g/mol. The summed E-state index contributed by atoms with van der Waals surface area (Å²) in [5.74, 6) is -0.413. The van der Waals surface area contributed by atoms with Gasteiger partial charge in [-0.2, -0.15) is 8.75 Å². The molecule has 5 nitrogen and oxygen atoms in total. The van der Waals surface area contributed by atoms with E-state index >= 15 is 0 Å². The highest BCUT2D eigenvalue weighted by molar-refractivity contribution is 6.99. The van der Waals surface area contributed by atoms with Crippen molar-refractivity contribution in [2.24, 2.45) is 0 Å². The van der Waals surface area contributed by atoms with E-state index in [1.54, 1.807) is 0 Å². The molecule has 1 aromatic heterocycles. The average Bonchev–Trinajstić information content (AvgIpc) is 2.74. The zero-order valence-electron chi connectivity index (χ0n) is 6.80. The average molecular weight is 200 g/mol. The maximum Gasteiger partial charge on any atom is 0.360 e. The standard InChI is InChI=1S/C7H8N2O3S/c10-7(6-3-8-13-9-6)12-5-1-2-11-4-5/h3,5H,1-2,4H2. The van der Waals surface area contributed by atoms with Crippen LogP contribution in [0.5, 0.6) is 0 Å². The van der Waals surface area contributed by atoms with Gasteiger partial charge in [-0.1, -0.05) is 0 Å². The highest BCUT2D eigenvalue weighted by Gasteiger charge is 2.21. The fourth-order valence-corrected chi connectivity index (χ4v) is 1.48. The Morgan fingerprint density at radius 3 is 3.31 bits per heavy atom. The number of hydrogen-bond acceptors (Lipinski definition) is 6. The predicted octanol–water partition coefficient (Wildman–Crippen LogP) is 0.484. The molecule has 1 aliphatic heterocycles. The molecule has 0 aromatic carbocycles. The number of rotatable bonds is 2. The van der Waals surface area contributed by atoms with E-state index in [2.05, 4.69) is 8.75 Å². The molecular weight excluding hydrogens is 192 g/mol. The van der Waals surface area contributed by atoms with E-state index in [9.17, 15) is 4.79 Å². The minimum absolute atomic E-state index is 0.116. The van der Waals surface area contributed by atoms with Gasteiger partial charge >= 0.3 is 5.97 Å². The van der Waals surface area contributed by atoms with E-state index in [1.165, 1.54) is 6.20 Å². The Hall–Kier alpha value is -1.01. The Morgan fingerprint density at radius 1 is 1.77 bits per heavy atom. The lowest BCUT2D eigenvalue weighted by molar-refractivity contribution is 0.0265. The summed E-state index contributed by atoms with van der Waals surface area (Å²) < 4.78 is 17.7. The van der Waals surface area contributed by atoms with Crippen LogP contribution in [-0.4, -0.2) is 34.0 Å². The van der Waals surface area contributed by atoms with Crippen molar-refractivity contribution in [3.8, 4) is 0 Å². The molecule has 1 saturated heterocycles. The van der Waals surface area contributed by atoms with E-state index in [4.69, 9.17) is 9.47 Å². The molecule has 1 fully saturated rings. The molecule has 0 spiro atoms. The second-order valence-corrected chi connectivity index (χ2v) is 3.24. The first-order valence-corrected chi connectivity index (χ1v) is 4.65. The van der Waals surface area contributed by atoms with Gasteiger partial charge < -0.3 is 9.47 Å². The van der Waals surface area contributed by atoms with Crippen LogP contribution < -0.4 is 0 Å². The van der Waals surface area contributed by atoms with Crippen LogP contribution in [0.1, 0.15) is 16.9 Å².